The van der Waals surface area contributed by atoms with Gasteiger partial charge in [0.1, 0.15) is 11.8 Å². The molecular weight excluding hydrogens is 356 g/mol. The van der Waals surface area contributed by atoms with Gasteiger partial charge in [0, 0.05) is 5.02 Å². The molecule has 134 valence electrons. The second kappa shape index (κ2) is 9.44. The van der Waals surface area contributed by atoms with E-state index in [4.69, 9.17) is 26.3 Å². The van der Waals surface area contributed by atoms with E-state index < -0.39 is 25.1 Å². The maximum atomic E-state index is 11.9. The van der Waals surface area contributed by atoms with Gasteiger partial charge in [0.25, 0.3) is 5.91 Å². The molecule has 1 amide bonds. The molecule has 0 aliphatic rings. The summed E-state index contributed by atoms with van der Waals surface area (Å²) in [6, 6.07) is 15.3. The summed E-state index contributed by atoms with van der Waals surface area (Å²) in [7, 11) is 0. The number of para-hydroxylation sites is 1. The van der Waals surface area contributed by atoms with Crippen molar-refractivity contribution in [2.75, 3.05) is 13.2 Å². The highest BCUT2D eigenvalue weighted by atomic mass is 35.5. The predicted molar refractivity (Wildman–Crippen MR) is 95.6 cm³/mol. The first kappa shape index (κ1) is 19.3. The lowest BCUT2D eigenvalue weighted by Gasteiger charge is -2.14. The van der Waals surface area contributed by atoms with Gasteiger partial charge in [-0.2, -0.15) is 5.26 Å². The van der Waals surface area contributed by atoms with Crippen molar-refractivity contribution in [2.24, 2.45) is 0 Å². The van der Waals surface area contributed by atoms with Crippen molar-refractivity contribution in [2.45, 2.75) is 13.0 Å². The molecule has 0 heterocycles. The fourth-order valence-electron chi connectivity index (χ4n) is 2.13. The molecule has 0 unspecified atom stereocenters. The van der Waals surface area contributed by atoms with E-state index in [1.807, 2.05) is 13.0 Å². The quantitative estimate of drug-likeness (QED) is 0.755. The lowest BCUT2D eigenvalue weighted by Crippen LogP contribution is -2.31. The summed E-state index contributed by atoms with van der Waals surface area (Å²) in [6.07, 6.45) is 0. The Labute approximate surface area is 156 Å². The Hall–Kier alpha value is -3.04. The third kappa shape index (κ3) is 5.80. The Morgan fingerprint density at radius 3 is 2.54 bits per heavy atom. The number of rotatable bonds is 7. The number of esters is 1. The van der Waals surface area contributed by atoms with Crippen molar-refractivity contribution >= 4 is 23.5 Å². The molecule has 0 saturated carbocycles. The molecular formula is C19H17ClN2O4. The van der Waals surface area contributed by atoms with Crippen LogP contribution in [0.4, 0.5) is 0 Å². The second-order valence-corrected chi connectivity index (χ2v) is 5.83. The van der Waals surface area contributed by atoms with Gasteiger partial charge in [-0.05, 0) is 36.8 Å². The van der Waals surface area contributed by atoms with Gasteiger partial charge in [-0.25, -0.2) is 4.79 Å². The number of carbonyl (C=O) groups is 2. The van der Waals surface area contributed by atoms with Crippen LogP contribution in [0.15, 0.2) is 48.5 Å². The van der Waals surface area contributed by atoms with Crippen LogP contribution in [0.3, 0.4) is 0 Å². The highest BCUT2D eigenvalue weighted by Crippen LogP contribution is 2.17. The summed E-state index contributed by atoms with van der Waals surface area (Å²) in [6.45, 7) is 1.00. The molecule has 26 heavy (non-hydrogen) atoms. The maximum absolute atomic E-state index is 11.9. The standard InChI is InChI=1S/C19H17ClN2O4/c1-13(14-6-8-16(20)9-7-14)22-18(23)11-26-19(24)12-25-17-5-3-2-4-15(17)10-21/h2-9,13H,11-12H2,1H3,(H,22,23)/t13-/m1/s1. The number of hydrogen-bond donors (Lipinski definition) is 1. The number of halogens is 1. The molecule has 0 bridgehead atoms. The summed E-state index contributed by atoms with van der Waals surface area (Å²) < 4.78 is 10.1. The smallest absolute Gasteiger partial charge is 0.344 e. The summed E-state index contributed by atoms with van der Waals surface area (Å²) in [5.41, 5.74) is 1.19. The minimum Gasteiger partial charge on any atom is -0.481 e. The molecule has 0 aromatic heterocycles. The Balaban J connectivity index is 1.75. The lowest BCUT2D eigenvalue weighted by molar-refractivity contribution is -0.150. The van der Waals surface area contributed by atoms with E-state index in [-0.39, 0.29) is 11.8 Å². The number of nitrogens with one attached hydrogen (secondary N) is 1. The van der Waals surface area contributed by atoms with Crippen LogP contribution in [-0.4, -0.2) is 25.1 Å². The minimum atomic E-state index is -0.702. The van der Waals surface area contributed by atoms with Crippen LogP contribution < -0.4 is 10.1 Å². The van der Waals surface area contributed by atoms with Crippen LogP contribution in [0.2, 0.25) is 5.02 Å². The van der Waals surface area contributed by atoms with Crippen molar-refractivity contribution < 1.29 is 19.1 Å². The highest BCUT2D eigenvalue weighted by molar-refractivity contribution is 6.30. The van der Waals surface area contributed by atoms with E-state index in [1.54, 1.807) is 48.5 Å². The Morgan fingerprint density at radius 2 is 1.85 bits per heavy atom. The third-order valence-corrected chi connectivity index (χ3v) is 3.72. The molecule has 6 nitrogen and oxygen atoms in total. The zero-order valence-corrected chi connectivity index (χ0v) is 14.8. The molecule has 2 aromatic carbocycles. The molecule has 1 N–H and O–H groups in total. The van der Waals surface area contributed by atoms with Crippen LogP contribution >= 0.6 is 11.6 Å². The molecule has 0 fully saturated rings. The van der Waals surface area contributed by atoms with E-state index in [9.17, 15) is 9.59 Å². The van der Waals surface area contributed by atoms with Crippen LogP contribution in [0.5, 0.6) is 5.75 Å². The molecule has 0 spiro atoms. The van der Waals surface area contributed by atoms with Gasteiger partial charge < -0.3 is 14.8 Å². The van der Waals surface area contributed by atoms with Gasteiger partial charge in [0.15, 0.2) is 13.2 Å². The fourth-order valence-corrected chi connectivity index (χ4v) is 2.25. The predicted octanol–water partition coefficient (Wildman–Crippen LogP) is 3.01. The van der Waals surface area contributed by atoms with Gasteiger partial charge in [0.2, 0.25) is 0 Å². The molecule has 7 heteroatoms. The first-order valence-corrected chi connectivity index (χ1v) is 8.19. The first-order chi connectivity index (χ1) is 12.5. The number of nitrogens with zero attached hydrogens (tertiary/aromatic N) is 1. The lowest BCUT2D eigenvalue weighted by atomic mass is 10.1. The van der Waals surface area contributed by atoms with Crippen molar-refractivity contribution in [1.29, 1.82) is 5.26 Å². The Morgan fingerprint density at radius 1 is 1.15 bits per heavy atom. The van der Waals surface area contributed by atoms with Gasteiger partial charge >= 0.3 is 5.97 Å². The van der Waals surface area contributed by atoms with Gasteiger partial charge in [-0.3, -0.25) is 4.79 Å². The van der Waals surface area contributed by atoms with E-state index in [1.165, 1.54) is 0 Å². The van der Waals surface area contributed by atoms with Gasteiger partial charge in [-0.1, -0.05) is 35.9 Å². The first-order valence-electron chi connectivity index (χ1n) is 7.82. The van der Waals surface area contributed by atoms with Crippen molar-refractivity contribution in [3.05, 3.63) is 64.7 Å². The molecule has 0 aliphatic heterocycles. The van der Waals surface area contributed by atoms with E-state index in [2.05, 4.69) is 5.32 Å². The molecule has 1 atom stereocenters. The number of hydrogen-bond acceptors (Lipinski definition) is 5. The zero-order chi connectivity index (χ0) is 18.9. The minimum absolute atomic E-state index is 0.253. The van der Waals surface area contributed by atoms with Gasteiger partial charge in [-0.15, -0.1) is 0 Å². The van der Waals surface area contributed by atoms with Crippen LogP contribution in [0.1, 0.15) is 24.1 Å². The SMILES string of the molecule is C[C@@H](NC(=O)COC(=O)COc1ccccc1C#N)c1ccc(Cl)cc1. The second-order valence-electron chi connectivity index (χ2n) is 5.40. The number of carbonyl (C=O) groups excluding carboxylic acids is 2. The molecule has 2 rings (SSSR count). The summed E-state index contributed by atoms with van der Waals surface area (Å²) in [5, 5.41) is 12.3. The number of ether oxygens (including phenoxy) is 2. The van der Waals surface area contributed by atoms with Crippen molar-refractivity contribution in [3.63, 3.8) is 0 Å². The van der Waals surface area contributed by atoms with Crippen molar-refractivity contribution in [1.82, 2.24) is 5.32 Å². The summed E-state index contributed by atoms with van der Waals surface area (Å²) in [5.74, 6) is -0.849. The molecule has 2 aromatic rings. The topological polar surface area (TPSA) is 88.4 Å². The number of amides is 1. The molecule has 0 radical (unpaired) electrons. The van der Waals surface area contributed by atoms with Crippen LogP contribution in [-0.2, 0) is 14.3 Å². The molecule has 0 saturated heterocycles. The average Bonchev–Trinajstić information content (AvgIpc) is 2.65. The van der Waals surface area contributed by atoms with Crippen molar-refractivity contribution in [3.8, 4) is 11.8 Å². The average molecular weight is 373 g/mol. The number of benzene rings is 2. The third-order valence-electron chi connectivity index (χ3n) is 3.46. The van der Waals surface area contributed by atoms with Crippen LogP contribution in [0.25, 0.3) is 0 Å². The molecule has 0 aliphatic carbocycles. The summed E-state index contributed by atoms with van der Waals surface area (Å²) >= 11 is 5.83. The fraction of sp³-hybridized carbons (Fsp3) is 0.211. The normalized spacial score (nSPS) is 11.1. The Kier molecular flexibility index (Phi) is 7.01. The zero-order valence-electron chi connectivity index (χ0n) is 14.1. The van der Waals surface area contributed by atoms with E-state index in [0.717, 1.165) is 5.56 Å². The van der Waals surface area contributed by atoms with Gasteiger partial charge in [0.05, 0.1) is 11.6 Å². The monoisotopic (exact) mass is 372 g/mol. The maximum Gasteiger partial charge on any atom is 0.344 e. The number of nitriles is 1. The summed E-state index contributed by atoms with van der Waals surface area (Å²) in [4.78, 5) is 23.6. The van der Waals surface area contributed by atoms with E-state index >= 15 is 0 Å². The van der Waals surface area contributed by atoms with E-state index in [0.29, 0.717) is 10.6 Å². The largest absolute Gasteiger partial charge is 0.481 e. The Bertz CT molecular complexity index is 815. The highest BCUT2D eigenvalue weighted by Gasteiger charge is 2.13. The van der Waals surface area contributed by atoms with Crippen LogP contribution in [0, 0.1) is 11.3 Å².